The molecule has 0 bridgehead atoms. The lowest BCUT2D eigenvalue weighted by Gasteiger charge is -2.12. The Bertz CT molecular complexity index is 749. The molecule has 2 aromatic rings. The maximum atomic E-state index is 12.8. The van der Waals surface area contributed by atoms with Gasteiger partial charge in [-0.05, 0) is 36.4 Å². The molecule has 2 N–H and O–H groups in total. The van der Waals surface area contributed by atoms with Gasteiger partial charge in [0, 0.05) is 6.07 Å². The quantitative estimate of drug-likeness (QED) is 0.776. The lowest BCUT2D eigenvalue weighted by atomic mass is 10.2. The predicted octanol–water partition coefficient (Wildman–Crippen LogP) is 1.68. The van der Waals surface area contributed by atoms with Crippen LogP contribution in [0.3, 0.4) is 0 Å². The molecular weight excluding hydrogens is 331 g/mol. The van der Waals surface area contributed by atoms with Crippen molar-refractivity contribution in [1.29, 1.82) is 0 Å². The number of hydrogen-bond acceptors (Lipinski definition) is 5. The number of rotatable bonds is 6. The van der Waals surface area contributed by atoms with Crippen molar-refractivity contribution in [3.05, 3.63) is 53.8 Å². The lowest BCUT2D eigenvalue weighted by molar-refractivity contribution is -0.123. The summed E-state index contributed by atoms with van der Waals surface area (Å²) in [5.41, 5.74) is 4.70. The zero-order chi connectivity index (χ0) is 18.2. The van der Waals surface area contributed by atoms with Gasteiger partial charge in [0.2, 0.25) is 0 Å². The van der Waals surface area contributed by atoms with Gasteiger partial charge in [0.05, 0.1) is 19.8 Å². The Kier molecular flexibility index (Phi) is 6.16. The first-order valence-corrected chi connectivity index (χ1v) is 7.23. The second kappa shape index (κ2) is 8.53. The molecule has 7 nitrogen and oxygen atoms in total. The van der Waals surface area contributed by atoms with E-state index in [2.05, 4.69) is 10.9 Å². The molecule has 25 heavy (non-hydrogen) atoms. The molecule has 2 amide bonds. The fourth-order valence-corrected chi connectivity index (χ4v) is 1.90. The van der Waals surface area contributed by atoms with Crippen LogP contribution in [0.25, 0.3) is 0 Å². The van der Waals surface area contributed by atoms with E-state index in [0.717, 1.165) is 0 Å². The Balaban J connectivity index is 1.86. The normalized spacial score (nSPS) is 9.88. The average molecular weight is 348 g/mol. The molecule has 2 rings (SSSR count). The Labute approximate surface area is 143 Å². The van der Waals surface area contributed by atoms with Crippen LogP contribution in [0.15, 0.2) is 42.5 Å². The maximum Gasteiger partial charge on any atom is 0.276 e. The van der Waals surface area contributed by atoms with E-state index in [1.165, 1.54) is 44.6 Å². The highest BCUT2D eigenvalue weighted by Crippen LogP contribution is 2.24. The van der Waals surface area contributed by atoms with Crippen LogP contribution < -0.4 is 25.1 Å². The smallest absolute Gasteiger partial charge is 0.276 e. The fourth-order valence-electron chi connectivity index (χ4n) is 1.90. The second-order valence-electron chi connectivity index (χ2n) is 4.81. The van der Waals surface area contributed by atoms with Crippen LogP contribution in [-0.2, 0) is 4.79 Å². The highest BCUT2D eigenvalue weighted by molar-refractivity contribution is 5.98. The van der Waals surface area contributed by atoms with E-state index in [9.17, 15) is 14.0 Å². The first kappa shape index (κ1) is 18.1. The second-order valence-corrected chi connectivity index (χ2v) is 4.81. The van der Waals surface area contributed by atoms with Gasteiger partial charge < -0.3 is 14.2 Å². The van der Waals surface area contributed by atoms with Gasteiger partial charge in [-0.2, -0.15) is 0 Å². The van der Waals surface area contributed by atoms with Crippen LogP contribution in [0, 0.1) is 5.82 Å². The molecule has 132 valence electrons. The number of carbonyl (C=O) groups excluding carboxylic acids is 2. The van der Waals surface area contributed by atoms with E-state index < -0.39 is 17.6 Å². The van der Waals surface area contributed by atoms with Gasteiger partial charge in [-0.25, -0.2) is 4.39 Å². The van der Waals surface area contributed by atoms with Gasteiger partial charge in [-0.3, -0.25) is 20.4 Å². The summed E-state index contributed by atoms with van der Waals surface area (Å²) < 4.78 is 28.1. The van der Waals surface area contributed by atoms with Crippen LogP contribution in [0.1, 0.15) is 10.4 Å². The third-order valence-corrected chi connectivity index (χ3v) is 3.15. The minimum atomic E-state index is -0.579. The third kappa shape index (κ3) is 5.10. The van der Waals surface area contributed by atoms with E-state index >= 15 is 0 Å². The SMILES string of the molecule is COc1ccc(C(=O)NNC(=O)COc2ccc(F)cc2)c(OC)c1. The molecule has 0 fully saturated rings. The van der Waals surface area contributed by atoms with Gasteiger partial charge in [0.25, 0.3) is 11.8 Å². The number of amides is 2. The summed E-state index contributed by atoms with van der Waals surface area (Å²) in [6.07, 6.45) is 0. The van der Waals surface area contributed by atoms with Crippen LogP contribution in [0.4, 0.5) is 4.39 Å². The van der Waals surface area contributed by atoms with Gasteiger partial charge in [-0.15, -0.1) is 0 Å². The molecule has 0 radical (unpaired) electrons. The molecule has 0 atom stereocenters. The summed E-state index contributed by atoms with van der Waals surface area (Å²) in [5.74, 6) is -0.379. The molecule has 0 aliphatic rings. The molecule has 0 spiro atoms. The summed E-state index contributed by atoms with van der Waals surface area (Å²) in [6.45, 7) is -0.342. The molecule has 0 aliphatic carbocycles. The minimum absolute atomic E-state index is 0.225. The summed E-state index contributed by atoms with van der Waals surface area (Å²) in [4.78, 5) is 23.8. The Morgan fingerprint density at radius 2 is 1.64 bits per heavy atom. The zero-order valence-corrected chi connectivity index (χ0v) is 13.7. The van der Waals surface area contributed by atoms with Crippen molar-refractivity contribution in [3.63, 3.8) is 0 Å². The van der Waals surface area contributed by atoms with E-state index in [1.807, 2.05) is 0 Å². The molecule has 0 unspecified atom stereocenters. The number of hydrogen-bond donors (Lipinski definition) is 2. The van der Waals surface area contributed by atoms with E-state index in [-0.39, 0.29) is 12.2 Å². The van der Waals surface area contributed by atoms with E-state index in [0.29, 0.717) is 17.2 Å². The number of nitrogens with one attached hydrogen (secondary N) is 2. The van der Waals surface area contributed by atoms with Gasteiger partial charge in [-0.1, -0.05) is 0 Å². The molecule has 2 aromatic carbocycles. The number of carbonyl (C=O) groups is 2. The zero-order valence-electron chi connectivity index (χ0n) is 13.7. The molecule has 0 heterocycles. The largest absolute Gasteiger partial charge is 0.497 e. The number of ether oxygens (including phenoxy) is 3. The van der Waals surface area contributed by atoms with Gasteiger partial charge in [0.1, 0.15) is 23.1 Å². The molecular formula is C17H17FN2O5. The van der Waals surface area contributed by atoms with E-state index in [4.69, 9.17) is 14.2 Å². The highest BCUT2D eigenvalue weighted by Gasteiger charge is 2.14. The Morgan fingerprint density at radius 1 is 0.960 bits per heavy atom. The number of halogens is 1. The highest BCUT2D eigenvalue weighted by atomic mass is 19.1. The van der Waals surface area contributed by atoms with Crippen LogP contribution in [0.2, 0.25) is 0 Å². The van der Waals surface area contributed by atoms with Crippen LogP contribution in [0.5, 0.6) is 17.2 Å². The topological polar surface area (TPSA) is 85.9 Å². The first-order chi connectivity index (χ1) is 12.0. The molecule has 0 saturated heterocycles. The molecule has 0 saturated carbocycles. The average Bonchev–Trinajstić information content (AvgIpc) is 2.65. The number of hydrazine groups is 1. The monoisotopic (exact) mass is 348 g/mol. The number of methoxy groups -OCH3 is 2. The van der Waals surface area contributed by atoms with Gasteiger partial charge in [0.15, 0.2) is 6.61 Å². The van der Waals surface area contributed by atoms with Crippen molar-refractivity contribution < 1.29 is 28.2 Å². The Hall–Kier alpha value is -3.29. The molecule has 0 aromatic heterocycles. The molecule has 8 heteroatoms. The van der Waals surface area contributed by atoms with Crippen molar-refractivity contribution in [2.75, 3.05) is 20.8 Å². The lowest BCUT2D eigenvalue weighted by Crippen LogP contribution is -2.43. The summed E-state index contributed by atoms with van der Waals surface area (Å²) in [6, 6.07) is 9.86. The molecule has 0 aliphatic heterocycles. The first-order valence-electron chi connectivity index (χ1n) is 7.23. The van der Waals surface area contributed by atoms with E-state index in [1.54, 1.807) is 12.1 Å². The maximum absolute atomic E-state index is 12.8. The Morgan fingerprint density at radius 3 is 2.28 bits per heavy atom. The third-order valence-electron chi connectivity index (χ3n) is 3.15. The van der Waals surface area contributed by atoms with Crippen molar-refractivity contribution in [1.82, 2.24) is 10.9 Å². The van der Waals surface area contributed by atoms with Crippen LogP contribution in [-0.4, -0.2) is 32.6 Å². The van der Waals surface area contributed by atoms with Crippen molar-refractivity contribution in [2.24, 2.45) is 0 Å². The summed E-state index contributed by atoms with van der Waals surface area (Å²) >= 11 is 0. The number of benzene rings is 2. The van der Waals surface area contributed by atoms with Crippen molar-refractivity contribution in [2.45, 2.75) is 0 Å². The van der Waals surface area contributed by atoms with Gasteiger partial charge >= 0.3 is 0 Å². The predicted molar refractivity (Wildman–Crippen MR) is 87.0 cm³/mol. The van der Waals surface area contributed by atoms with Crippen molar-refractivity contribution in [3.8, 4) is 17.2 Å². The summed E-state index contributed by atoms with van der Waals surface area (Å²) in [5, 5.41) is 0. The van der Waals surface area contributed by atoms with Crippen LogP contribution >= 0.6 is 0 Å². The standard InChI is InChI=1S/C17H17FN2O5/c1-23-13-7-8-14(15(9-13)24-2)17(22)20-19-16(21)10-25-12-5-3-11(18)4-6-12/h3-9H,10H2,1-2H3,(H,19,21)(H,20,22). The minimum Gasteiger partial charge on any atom is -0.497 e. The summed E-state index contributed by atoms with van der Waals surface area (Å²) in [7, 11) is 2.91. The fraction of sp³-hybridized carbons (Fsp3) is 0.176. The van der Waals surface area contributed by atoms with Crippen molar-refractivity contribution >= 4 is 11.8 Å².